The lowest BCUT2D eigenvalue weighted by molar-refractivity contribution is 0.570. The Hall–Kier alpha value is -1.28. The molecule has 1 aliphatic heterocycles. The van der Waals surface area contributed by atoms with Gasteiger partial charge in [-0.3, -0.25) is 0 Å². The van der Waals surface area contributed by atoms with Crippen molar-refractivity contribution in [2.45, 2.75) is 37.8 Å². The average molecular weight is 214 g/mol. The zero-order valence-electron chi connectivity index (χ0n) is 9.45. The van der Waals surface area contributed by atoms with E-state index in [1.54, 1.807) is 5.57 Å². The molecule has 1 aromatic carbocycles. The van der Waals surface area contributed by atoms with E-state index < -0.39 is 0 Å². The smallest absolute Gasteiger partial charge is 0.0514 e. The number of nitrogens with two attached hydrogens (primary N) is 1. The second-order valence-electron chi connectivity index (χ2n) is 4.87. The van der Waals surface area contributed by atoms with Crippen molar-refractivity contribution in [1.82, 2.24) is 0 Å². The Bertz CT molecular complexity index is 397. The van der Waals surface area contributed by atoms with Crippen LogP contribution in [0.1, 0.15) is 24.8 Å². The number of hydrogen-bond acceptors (Lipinski definition) is 2. The van der Waals surface area contributed by atoms with E-state index in [9.17, 15) is 0 Å². The number of anilines is 1. The maximum Gasteiger partial charge on any atom is 0.0514 e. The molecule has 16 heavy (non-hydrogen) atoms. The minimum atomic E-state index is 0.382. The van der Waals surface area contributed by atoms with Gasteiger partial charge in [0.15, 0.2) is 0 Å². The standard InChI is InChI=1S/C14H18N2/c15-12-7-5-10(6-8-12)14-9-11-3-1-2-4-13(11)16-14/h1-5,12,14,16H,6-9,15H2. The average Bonchev–Trinajstić information content (AvgIpc) is 2.73. The molecule has 2 unspecified atom stereocenters. The molecule has 3 N–H and O–H groups in total. The van der Waals surface area contributed by atoms with E-state index in [-0.39, 0.29) is 0 Å². The molecule has 1 aromatic rings. The Kier molecular flexibility index (Phi) is 2.44. The molecule has 0 bridgehead atoms. The fourth-order valence-electron chi connectivity index (χ4n) is 2.71. The van der Waals surface area contributed by atoms with Crippen LogP contribution < -0.4 is 11.1 Å². The number of para-hydroxylation sites is 1. The Labute approximate surface area is 96.5 Å². The molecular formula is C14H18N2. The zero-order chi connectivity index (χ0) is 11.0. The zero-order valence-corrected chi connectivity index (χ0v) is 9.45. The van der Waals surface area contributed by atoms with Gasteiger partial charge in [0.2, 0.25) is 0 Å². The second kappa shape index (κ2) is 3.95. The first kappa shape index (κ1) is 9.91. The van der Waals surface area contributed by atoms with Crippen LogP contribution >= 0.6 is 0 Å². The van der Waals surface area contributed by atoms with Crippen LogP contribution in [0.5, 0.6) is 0 Å². The molecule has 0 spiro atoms. The van der Waals surface area contributed by atoms with Gasteiger partial charge in [0, 0.05) is 11.7 Å². The molecule has 0 radical (unpaired) electrons. The molecular weight excluding hydrogens is 196 g/mol. The molecule has 1 heterocycles. The maximum atomic E-state index is 5.91. The molecule has 1 aliphatic carbocycles. The second-order valence-corrected chi connectivity index (χ2v) is 4.87. The van der Waals surface area contributed by atoms with Gasteiger partial charge >= 0.3 is 0 Å². The summed E-state index contributed by atoms with van der Waals surface area (Å²) in [7, 11) is 0. The number of hydrogen-bond donors (Lipinski definition) is 2. The van der Waals surface area contributed by atoms with Crippen LogP contribution in [0.3, 0.4) is 0 Å². The highest BCUT2D eigenvalue weighted by Gasteiger charge is 2.24. The lowest BCUT2D eigenvalue weighted by Crippen LogP contribution is -2.27. The van der Waals surface area contributed by atoms with Gasteiger partial charge in [0.05, 0.1) is 6.04 Å². The lowest BCUT2D eigenvalue weighted by atomic mass is 9.90. The molecule has 0 aromatic heterocycles. The van der Waals surface area contributed by atoms with Crippen LogP contribution in [0, 0.1) is 0 Å². The van der Waals surface area contributed by atoms with E-state index in [1.807, 2.05) is 0 Å². The van der Waals surface area contributed by atoms with E-state index in [0.717, 1.165) is 25.7 Å². The third kappa shape index (κ3) is 1.74. The van der Waals surface area contributed by atoms with Crippen LogP contribution in [0.2, 0.25) is 0 Å². The molecule has 0 fully saturated rings. The van der Waals surface area contributed by atoms with Crippen molar-refractivity contribution < 1.29 is 0 Å². The van der Waals surface area contributed by atoms with E-state index >= 15 is 0 Å². The summed E-state index contributed by atoms with van der Waals surface area (Å²) in [5.74, 6) is 0. The molecule has 2 heteroatoms. The maximum absolute atomic E-state index is 5.91. The number of fused-ring (bicyclic) bond motifs is 1. The van der Waals surface area contributed by atoms with Gasteiger partial charge in [-0.25, -0.2) is 0 Å². The summed E-state index contributed by atoms with van der Waals surface area (Å²) in [6.45, 7) is 0. The topological polar surface area (TPSA) is 38.0 Å². The van der Waals surface area contributed by atoms with Crippen LogP contribution in [0.25, 0.3) is 0 Å². The van der Waals surface area contributed by atoms with Crippen molar-refractivity contribution in [2.24, 2.45) is 5.73 Å². The highest BCUT2D eigenvalue weighted by molar-refractivity contribution is 5.58. The lowest BCUT2D eigenvalue weighted by Gasteiger charge is -2.23. The molecule has 2 nitrogen and oxygen atoms in total. The van der Waals surface area contributed by atoms with Crippen molar-refractivity contribution in [2.75, 3.05) is 5.32 Å². The van der Waals surface area contributed by atoms with Crippen LogP contribution in [-0.2, 0) is 6.42 Å². The van der Waals surface area contributed by atoms with E-state index in [2.05, 4.69) is 35.7 Å². The fraction of sp³-hybridized carbons (Fsp3) is 0.429. The summed E-state index contributed by atoms with van der Waals surface area (Å²) < 4.78 is 0. The summed E-state index contributed by atoms with van der Waals surface area (Å²) in [5, 5.41) is 3.61. The van der Waals surface area contributed by atoms with Gasteiger partial charge in [-0.2, -0.15) is 0 Å². The largest absolute Gasteiger partial charge is 0.378 e. The van der Waals surface area contributed by atoms with Gasteiger partial charge in [0.25, 0.3) is 0 Å². The van der Waals surface area contributed by atoms with Crippen LogP contribution in [0.15, 0.2) is 35.9 Å². The molecule has 0 amide bonds. The number of benzene rings is 1. The van der Waals surface area contributed by atoms with Crippen molar-refractivity contribution in [3.63, 3.8) is 0 Å². The van der Waals surface area contributed by atoms with E-state index in [1.165, 1.54) is 11.3 Å². The normalized spacial score (nSPS) is 28.2. The summed E-state index contributed by atoms with van der Waals surface area (Å²) in [5.41, 5.74) is 10.2. The fourth-order valence-corrected chi connectivity index (χ4v) is 2.71. The highest BCUT2D eigenvalue weighted by Crippen LogP contribution is 2.31. The van der Waals surface area contributed by atoms with Gasteiger partial charge in [-0.15, -0.1) is 0 Å². The summed E-state index contributed by atoms with van der Waals surface area (Å²) in [4.78, 5) is 0. The van der Waals surface area contributed by atoms with Crippen molar-refractivity contribution >= 4 is 5.69 Å². The molecule has 3 rings (SSSR count). The predicted molar refractivity (Wildman–Crippen MR) is 67.5 cm³/mol. The number of nitrogens with one attached hydrogen (secondary N) is 1. The monoisotopic (exact) mass is 214 g/mol. The SMILES string of the molecule is NC1CC=C(C2Cc3ccccc3N2)CC1. The molecule has 0 saturated heterocycles. The minimum absolute atomic E-state index is 0.382. The minimum Gasteiger partial charge on any atom is -0.378 e. The third-order valence-electron chi connectivity index (χ3n) is 3.71. The van der Waals surface area contributed by atoms with Crippen molar-refractivity contribution in [1.29, 1.82) is 0 Å². The molecule has 84 valence electrons. The first-order valence-electron chi connectivity index (χ1n) is 6.12. The first-order valence-corrected chi connectivity index (χ1v) is 6.12. The first-order chi connectivity index (χ1) is 7.83. The van der Waals surface area contributed by atoms with E-state index in [4.69, 9.17) is 5.73 Å². The Morgan fingerprint density at radius 3 is 2.88 bits per heavy atom. The van der Waals surface area contributed by atoms with Crippen LogP contribution in [0.4, 0.5) is 5.69 Å². The predicted octanol–water partition coefficient (Wildman–Crippen LogP) is 2.46. The summed E-state index contributed by atoms with van der Waals surface area (Å²) in [6.07, 6.45) is 6.83. The summed E-state index contributed by atoms with van der Waals surface area (Å²) in [6, 6.07) is 9.51. The third-order valence-corrected chi connectivity index (χ3v) is 3.71. The van der Waals surface area contributed by atoms with E-state index in [0.29, 0.717) is 12.1 Å². The van der Waals surface area contributed by atoms with Gasteiger partial charge in [0.1, 0.15) is 0 Å². The van der Waals surface area contributed by atoms with Crippen molar-refractivity contribution in [3.8, 4) is 0 Å². The molecule has 2 atom stereocenters. The number of rotatable bonds is 1. The van der Waals surface area contributed by atoms with Gasteiger partial charge in [-0.1, -0.05) is 29.8 Å². The van der Waals surface area contributed by atoms with Gasteiger partial charge < -0.3 is 11.1 Å². The molecule has 0 saturated carbocycles. The van der Waals surface area contributed by atoms with Crippen LogP contribution in [-0.4, -0.2) is 12.1 Å². The van der Waals surface area contributed by atoms with Gasteiger partial charge in [-0.05, 0) is 37.3 Å². The Balaban J connectivity index is 1.76. The summed E-state index contributed by atoms with van der Waals surface area (Å²) >= 11 is 0. The van der Waals surface area contributed by atoms with Crippen molar-refractivity contribution in [3.05, 3.63) is 41.5 Å². The Morgan fingerprint density at radius 2 is 2.12 bits per heavy atom. The highest BCUT2D eigenvalue weighted by atomic mass is 15.0. The Morgan fingerprint density at radius 1 is 1.25 bits per heavy atom. The molecule has 2 aliphatic rings. The quantitative estimate of drug-likeness (QED) is 0.705.